The van der Waals surface area contributed by atoms with E-state index in [1.165, 1.54) is 12.8 Å². The lowest BCUT2D eigenvalue weighted by molar-refractivity contribution is -0.111. The zero-order valence-electron chi connectivity index (χ0n) is 12.0. The Kier molecular flexibility index (Phi) is 6.59. The Bertz CT molecular complexity index is 326. The van der Waals surface area contributed by atoms with E-state index < -0.39 is 17.0 Å². The van der Waals surface area contributed by atoms with Crippen LogP contribution in [0.5, 0.6) is 0 Å². The lowest BCUT2D eigenvalue weighted by Gasteiger charge is -2.37. The molecule has 0 aromatic carbocycles. The number of likely N-dealkylation sites (tertiary alicyclic amines) is 1. The minimum atomic E-state index is -2.35. The monoisotopic (exact) mass is 291 g/mol. The van der Waals surface area contributed by atoms with Gasteiger partial charge in [0.15, 0.2) is 0 Å². The molecule has 4 unspecified atom stereocenters. The van der Waals surface area contributed by atoms with Gasteiger partial charge in [-0.2, -0.15) is 4.21 Å². The summed E-state index contributed by atoms with van der Waals surface area (Å²) in [7, 11) is 0. The van der Waals surface area contributed by atoms with E-state index in [-0.39, 0.29) is 6.42 Å². The highest BCUT2D eigenvalue weighted by atomic mass is 32.2. The van der Waals surface area contributed by atoms with E-state index in [1.54, 1.807) is 6.92 Å². The molecule has 1 saturated heterocycles. The summed E-state index contributed by atoms with van der Waals surface area (Å²) < 4.78 is 24.9. The van der Waals surface area contributed by atoms with Gasteiger partial charge in [0.1, 0.15) is 11.9 Å². The van der Waals surface area contributed by atoms with Gasteiger partial charge in [-0.05, 0) is 39.2 Å². The number of carbonyl (C=O) groups is 1. The predicted molar refractivity (Wildman–Crippen MR) is 75.0 cm³/mol. The molecule has 0 radical (unpaired) electrons. The maximum atomic E-state index is 10.9. The molecule has 0 aliphatic carbocycles. The SMILES string of the molecule is CC1CCCCN(CC(C)(CC=O)OS(=O)O)C1C. The van der Waals surface area contributed by atoms with Crippen molar-refractivity contribution in [3.05, 3.63) is 0 Å². The fourth-order valence-corrected chi connectivity index (χ4v) is 3.18. The van der Waals surface area contributed by atoms with Crippen molar-refractivity contribution in [2.45, 2.75) is 58.1 Å². The van der Waals surface area contributed by atoms with Crippen LogP contribution in [0.25, 0.3) is 0 Å². The maximum Gasteiger partial charge on any atom is 0.302 e. The topological polar surface area (TPSA) is 66.8 Å². The van der Waals surface area contributed by atoms with Gasteiger partial charge in [0.2, 0.25) is 0 Å². The predicted octanol–water partition coefficient (Wildman–Crippen LogP) is 2.00. The average molecular weight is 291 g/mol. The third-order valence-electron chi connectivity index (χ3n) is 4.08. The average Bonchev–Trinajstić information content (AvgIpc) is 2.43. The largest absolute Gasteiger partial charge is 0.303 e. The van der Waals surface area contributed by atoms with Gasteiger partial charge in [-0.1, -0.05) is 13.3 Å². The van der Waals surface area contributed by atoms with Gasteiger partial charge in [-0.25, -0.2) is 0 Å². The summed E-state index contributed by atoms with van der Waals surface area (Å²) in [5.74, 6) is 0.586. The first-order valence-electron chi connectivity index (χ1n) is 6.86. The van der Waals surface area contributed by atoms with Crippen LogP contribution in [0.2, 0.25) is 0 Å². The van der Waals surface area contributed by atoms with E-state index in [0.29, 0.717) is 18.5 Å². The summed E-state index contributed by atoms with van der Waals surface area (Å²) in [6, 6.07) is 0.393. The lowest BCUT2D eigenvalue weighted by Crippen LogP contribution is -2.48. The second-order valence-electron chi connectivity index (χ2n) is 5.81. The normalized spacial score (nSPS) is 30.3. The van der Waals surface area contributed by atoms with Gasteiger partial charge in [-0.3, -0.25) is 13.6 Å². The van der Waals surface area contributed by atoms with E-state index >= 15 is 0 Å². The number of nitrogens with zero attached hydrogens (tertiary/aromatic N) is 1. The molecule has 0 amide bonds. The van der Waals surface area contributed by atoms with Crippen LogP contribution in [0, 0.1) is 5.92 Å². The van der Waals surface area contributed by atoms with Crippen LogP contribution in [0.4, 0.5) is 0 Å². The molecule has 0 aromatic heterocycles. The van der Waals surface area contributed by atoms with Crippen molar-refractivity contribution < 1.29 is 17.7 Å². The number of rotatable bonds is 6. The van der Waals surface area contributed by atoms with Gasteiger partial charge < -0.3 is 4.79 Å². The molecule has 1 rings (SSSR count). The summed E-state index contributed by atoms with van der Waals surface area (Å²) in [5.41, 5.74) is -0.903. The van der Waals surface area contributed by atoms with Crippen molar-refractivity contribution in [1.29, 1.82) is 0 Å². The Morgan fingerprint density at radius 3 is 2.74 bits per heavy atom. The van der Waals surface area contributed by atoms with Crippen molar-refractivity contribution in [2.24, 2.45) is 5.92 Å². The van der Waals surface area contributed by atoms with Crippen LogP contribution < -0.4 is 0 Å². The molecule has 0 aromatic rings. The van der Waals surface area contributed by atoms with Crippen molar-refractivity contribution in [2.75, 3.05) is 13.1 Å². The maximum absolute atomic E-state index is 10.9. The number of hydrogen-bond donors (Lipinski definition) is 1. The first-order chi connectivity index (χ1) is 8.88. The standard InChI is InChI=1S/C13H25NO4S/c1-11-6-4-5-8-14(12(11)2)10-13(3,7-9-15)18-19(16)17/h9,11-12H,4-8,10H2,1-3H3,(H,16,17). The molecular formula is C13H25NO4S. The Balaban J connectivity index is 2.75. The Labute approximate surface area is 118 Å². The molecule has 0 saturated carbocycles. The van der Waals surface area contributed by atoms with Gasteiger partial charge >= 0.3 is 11.4 Å². The van der Waals surface area contributed by atoms with E-state index in [0.717, 1.165) is 19.3 Å². The fourth-order valence-electron chi connectivity index (χ4n) is 2.71. The summed E-state index contributed by atoms with van der Waals surface area (Å²) in [5, 5.41) is 0. The Hall–Kier alpha value is -0.300. The van der Waals surface area contributed by atoms with Crippen molar-refractivity contribution in [1.82, 2.24) is 4.90 Å². The van der Waals surface area contributed by atoms with Crippen LogP contribution in [0.1, 0.15) is 46.5 Å². The lowest BCUT2D eigenvalue weighted by atomic mass is 9.96. The van der Waals surface area contributed by atoms with Crippen LogP contribution in [-0.4, -0.2) is 44.7 Å². The van der Waals surface area contributed by atoms with E-state index in [4.69, 9.17) is 8.74 Å². The van der Waals surface area contributed by atoms with Crippen LogP contribution in [0.3, 0.4) is 0 Å². The number of hydrogen-bond acceptors (Lipinski definition) is 4. The van der Waals surface area contributed by atoms with Crippen molar-refractivity contribution in [3.8, 4) is 0 Å². The van der Waals surface area contributed by atoms with Gasteiger partial charge in [-0.15, -0.1) is 0 Å². The molecule has 1 aliphatic rings. The van der Waals surface area contributed by atoms with E-state index in [2.05, 4.69) is 18.7 Å². The quantitative estimate of drug-likeness (QED) is 0.599. The molecule has 112 valence electrons. The molecule has 1 N–H and O–H groups in total. The van der Waals surface area contributed by atoms with Crippen molar-refractivity contribution >= 4 is 17.6 Å². The zero-order valence-corrected chi connectivity index (χ0v) is 12.8. The molecule has 1 aliphatic heterocycles. The fraction of sp³-hybridized carbons (Fsp3) is 0.923. The highest BCUT2D eigenvalue weighted by Gasteiger charge is 2.34. The van der Waals surface area contributed by atoms with E-state index in [9.17, 15) is 9.00 Å². The third-order valence-corrected chi connectivity index (χ3v) is 4.62. The molecule has 4 atom stereocenters. The Morgan fingerprint density at radius 2 is 2.16 bits per heavy atom. The van der Waals surface area contributed by atoms with Crippen LogP contribution >= 0.6 is 0 Å². The number of aldehydes is 1. The first kappa shape index (κ1) is 16.8. The van der Waals surface area contributed by atoms with Gasteiger partial charge in [0, 0.05) is 19.0 Å². The summed E-state index contributed by atoms with van der Waals surface area (Å²) in [6.07, 6.45) is 4.40. The minimum absolute atomic E-state index is 0.122. The molecule has 19 heavy (non-hydrogen) atoms. The summed E-state index contributed by atoms with van der Waals surface area (Å²) in [4.78, 5) is 13.1. The molecular weight excluding hydrogens is 266 g/mol. The van der Waals surface area contributed by atoms with Crippen LogP contribution in [-0.2, 0) is 20.3 Å². The molecule has 0 spiro atoms. The smallest absolute Gasteiger partial charge is 0.302 e. The van der Waals surface area contributed by atoms with Gasteiger partial charge in [0.25, 0.3) is 0 Å². The highest BCUT2D eigenvalue weighted by molar-refractivity contribution is 7.74. The Morgan fingerprint density at radius 1 is 1.47 bits per heavy atom. The zero-order chi connectivity index (χ0) is 14.5. The second kappa shape index (κ2) is 7.47. The minimum Gasteiger partial charge on any atom is -0.303 e. The van der Waals surface area contributed by atoms with Crippen LogP contribution in [0.15, 0.2) is 0 Å². The second-order valence-corrected chi connectivity index (χ2v) is 6.41. The molecule has 1 heterocycles. The molecule has 6 heteroatoms. The van der Waals surface area contributed by atoms with E-state index in [1.807, 2.05) is 0 Å². The summed E-state index contributed by atoms with van der Waals surface area (Å²) in [6.45, 7) is 7.57. The van der Waals surface area contributed by atoms with Crippen molar-refractivity contribution in [3.63, 3.8) is 0 Å². The molecule has 1 fully saturated rings. The summed E-state index contributed by atoms with van der Waals surface area (Å²) >= 11 is -2.35. The highest BCUT2D eigenvalue weighted by Crippen LogP contribution is 2.26. The molecule has 5 nitrogen and oxygen atoms in total. The first-order valence-corrected chi connectivity index (χ1v) is 7.89. The number of carbonyl (C=O) groups excluding carboxylic acids is 1. The molecule has 0 bridgehead atoms. The third kappa shape index (κ3) is 5.30. The van der Waals surface area contributed by atoms with Gasteiger partial charge in [0.05, 0.1) is 0 Å².